The molecule has 0 unspecified atom stereocenters. The van der Waals surface area contributed by atoms with Crippen LogP contribution in [0.1, 0.15) is 4.88 Å². The maximum absolute atomic E-state index is 11.7. The average molecular weight is 298 g/mol. The maximum atomic E-state index is 11.7. The first-order valence-corrected chi connectivity index (χ1v) is 6.77. The quantitative estimate of drug-likeness (QED) is 0.817. The van der Waals surface area contributed by atoms with Crippen LogP contribution in [0.5, 0.6) is 0 Å². The molecule has 0 atom stereocenters. The first-order valence-electron chi connectivity index (χ1n) is 5.13. The zero-order chi connectivity index (χ0) is 13.0. The molecule has 0 aliphatic carbocycles. The lowest BCUT2D eigenvalue weighted by molar-refractivity contribution is -0.111. The Hall–Kier alpha value is -1.29. The van der Waals surface area contributed by atoms with Crippen LogP contribution >= 0.6 is 34.5 Å². The predicted molar refractivity (Wildman–Crippen MR) is 78.4 cm³/mol. The molecule has 0 saturated carbocycles. The molecule has 0 radical (unpaired) electrons. The highest BCUT2D eigenvalue weighted by Crippen LogP contribution is 2.29. The molecule has 0 bridgehead atoms. The van der Waals surface area contributed by atoms with Crippen LogP contribution in [0.4, 0.5) is 5.69 Å². The highest BCUT2D eigenvalue weighted by Gasteiger charge is 2.07. The van der Waals surface area contributed by atoms with Gasteiger partial charge in [0.05, 0.1) is 15.7 Å². The number of carbonyl (C=O) groups is 1. The van der Waals surface area contributed by atoms with Crippen molar-refractivity contribution in [1.29, 1.82) is 0 Å². The van der Waals surface area contributed by atoms with E-state index in [1.54, 1.807) is 35.6 Å². The Morgan fingerprint density at radius 1 is 1.17 bits per heavy atom. The Labute approximate surface area is 119 Å². The van der Waals surface area contributed by atoms with Crippen molar-refractivity contribution in [1.82, 2.24) is 0 Å². The van der Waals surface area contributed by atoms with Gasteiger partial charge in [0.1, 0.15) is 0 Å². The summed E-state index contributed by atoms with van der Waals surface area (Å²) in [5, 5.41) is 5.44. The van der Waals surface area contributed by atoms with Crippen molar-refractivity contribution >= 4 is 52.2 Å². The van der Waals surface area contributed by atoms with Crippen LogP contribution in [0.3, 0.4) is 0 Å². The number of halogens is 2. The van der Waals surface area contributed by atoms with Crippen LogP contribution in [0.25, 0.3) is 6.08 Å². The molecule has 0 fully saturated rings. The Bertz CT molecular complexity index is 558. The van der Waals surface area contributed by atoms with E-state index in [0.29, 0.717) is 15.7 Å². The fourth-order valence-corrected chi connectivity index (χ4v) is 2.44. The minimum absolute atomic E-state index is 0.265. The summed E-state index contributed by atoms with van der Waals surface area (Å²) in [6.45, 7) is 0. The Morgan fingerprint density at radius 3 is 2.50 bits per heavy atom. The van der Waals surface area contributed by atoms with Crippen molar-refractivity contribution in [2.45, 2.75) is 0 Å². The average Bonchev–Trinajstić information content (AvgIpc) is 2.84. The molecule has 1 aromatic carbocycles. The lowest BCUT2D eigenvalue weighted by atomic mass is 10.3. The molecule has 5 heteroatoms. The first kappa shape index (κ1) is 13.1. The number of carbonyl (C=O) groups excluding carboxylic acids is 1. The number of rotatable bonds is 3. The first-order chi connectivity index (χ1) is 8.66. The van der Waals surface area contributed by atoms with E-state index in [0.717, 1.165) is 4.88 Å². The normalized spacial score (nSPS) is 10.8. The number of para-hydroxylation sites is 1. The number of hydrogen-bond acceptors (Lipinski definition) is 2. The fourth-order valence-electron chi connectivity index (χ4n) is 1.33. The van der Waals surface area contributed by atoms with Gasteiger partial charge in [0.2, 0.25) is 5.91 Å². The molecule has 0 spiro atoms. The molecule has 0 aliphatic rings. The molecular formula is C13H9Cl2NOS. The minimum Gasteiger partial charge on any atom is -0.320 e. The third-order valence-electron chi connectivity index (χ3n) is 2.15. The van der Waals surface area contributed by atoms with E-state index in [2.05, 4.69) is 5.32 Å². The van der Waals surface area contributed by atoms with E-state index < -0.39 is 0 Å². The predicted octanol–water partition coefficient (Wildman–Crippen LogP) is 4.71. The van der Waals surface area contributed by atoms with Gasteiger partial charge in [-0.3, -0.25) is 4.79 Å². The van der Waals surface area contributed by atoms with Gasteiger partial charge in [-0.15, -0.1) is 11.3 Å². The van der Waals surface area contributed by atoms with Gasteiger partial charge in [0.15, 0.2) is 0 Å². The van der Waals surface area contributed by atoms with E-state index >= 15 is 0 Å². The van der Waals surface area contributed by atoms with Crippen LogP contribution in [0, 0.1) is 0 Å². The van der Waals surface area contributed by atoms with E-state index in [1.807, 2.05) is 17.5 Å². The largest absolute Gasteiger partial charge is 0.320 e. The standard InChI is InChI=1S/C13H9Cl2NOS/c14-10-4-1-5-11(15)13(10)16-12(17)7-6-9-3-2-8-18-9/h1-8H,(H,16,17). The number of amides is 1. The van der Waals surface area contributed by atoms with Crippen LogP contribution in [-0.2, 0) is 4.79 Å². The van der Waals surface area contributed by atoms with Crippen molar-refractivity contribution in [3.05, 3.63) is 56.7 Å². The molecule has 1 amide bonds. The summed E-state index contributed by atoms with van der Waals surface area (Å²) in [7, 11) is 0. The van der Waals surface area contributed by atoms with Crippen molar-refractivity contribution in [2.24, 2.45) is 0 Å². The van der Waals surface area contributed by atoms with Gasteiger partial charge in [-0.2, -0.15) is 0 Å². The van der Waals surface area contributed by atoms with Crippen molar-refractivity contribution in [3.63, 3.8) is 0 Å². The summed E-state index contributed by atoms with van der Waals surface area (Å²) >= 11 is 13.5. The van der Waals surface area contributed by atoms with Gasteiger partial charge >= 0.3 is 0 Å². The number of hydrogen-bond donors (Lipinski definition) is 1. The van der Waals surface area contributed by atoms with Gasteiger partial charge in [-0.05, 0) is 29.7 Å². The van der Waals surface area contributed by atoms with Gasteiger partial charge in [-0.1, -0.05) is 35.3 Å². The molecule has 0 aliphatic heterocycles. The number of nitrogens with one attached hydrogen (secondary N) is 1. The van der Waals surface area contributed by atoms with Gasteiger partial charge in [0, 0.05) is 11.0 Å². The topological polar surface area (TPSA) is 29.1 Å². The monoisotopic (exact) mass is 297 g/mol. The summed E-state index contributed by atoms with van der Waals surface area (Å²) in [5.41, 5.74) is 0.432. The molecular weight excluding hydrogens is 289 g/mol. The smallest absolute Gasteiger partial charge is 0.248 e. The van der Waals surface area contributed by atoms with Gasteiger partial charge in [-0.25, -0.2) is 0 Å². The Balaban J connectivity index is 2.08. The third-order valence-corrected chi connectivity index (χ3v) is 3.62. The van der Waals surface area contributed by atoms with Crippen molar-refractivity contribution in [3.8, 4) is 0 Å². The zero-order valence-electron chi connectivity index (χ0n) is 9.19. The van der Waals surface area contributed by atoms with Crippen LogP contribution in [0.15, 0.2) is 41.8 Å². The summed E-state index contributed by atoms with van der Waals surface area (Å²) in [6.07, 6.45) is 3.19. The lowest BCUT2D eigenvalue weighted by Gasteiger charge is -2.06. The second-order valence-electron chi connectivity index (χ2n) is 3.43. The lowest BCUT2D eigenvalue weighted by Crippen LogP contribution is -2.08. The highest BCUT2D eigenvalue weighted by atomic mass is 35.5. The molecule has 1 heterocycles. The summed E-state index contributed by atoms with van der Waals surface area (Å²) in [5.74, 6) is -0.265. The third kappa shape index (κ3) is 3.35. The minimum atomic E-state index is -0.265. The highest BCUT2D eigenvalue weighted by molar-refractivity contribution is 7.10. The zero-order valence-corrected chi connectivity index (χ0v) is 11.5. The molecule has 2 aromatic rings. The SMILES string of the molecule is O=C(C=Cc1cccs1)Nc1c(Cl)cccc1Cl. The second-order valence-corrected chi connectivity index (χ2v) is 5.23. The number of thiophene rings is 1. The van der Waals surface area contributed by atoms with Crippen LogP contribution < -0.4 is 5.32 Å². The number of anilines is 1. The van der Waals surface area contributed by atoms with E-state index in [4.69, 9.17) is 23.2 Å². The Kier molecular flexibility index (Phi) is 4.42. The Morgan fingerprint density at radius 2 is 1.89 bits per heavy atom. The maximum Gasteiger partial charge on any atom is 0.248 e. The molecule has 2 nitrogen and oxygen atoms in total. The van der Waals surface area contributed by atoms with Gasteiger partial charge in [0.25, 0.3) is 0 Å². The second kappa shape index (κ2) is 6.05. The van der Waals surface area contributed by atoms with Crippen LogP contribution in [-0.4, -0.2) is 5.91 Å². The molecule has 18 heavy (non-hydrogen) atoms. The molecule has 0 saturated heterocycles. The van der Waals surface area contributed by atoms with Crippen LogP contribution in [0.2, 0.25) is 10.0 Å². The molecule has 92 valence electrons. The molecule has 1 aromatic heterocycles. The summed E-state index contributed by atoms with van der Waals surface area (Å²) < 4.78 is 0. The van der Waals surface area contributed by atoms with Crippen molar-refractivity contribution < 1.29 is 4.79 Å². The molecule has 1 N–H and O–H groups in total. The fraction of sp³-hybridized carbons (Fsp3) is 0. The van der Waals surface area contributed by atoms with E-state index in [1.165, 1.54) is 6.08 Å². The van der Waals surface area contributed by atoms with E-state index in [-0.39, 0.29) is 5.91 Å². The summed E-state index contributed by atoms with van der Waals surface area (Å²) in [4.78, 5) is 12.7. The van der Waals surface area contributed by atoms with Crippen molar-refractivity contribution in [2.75, 3.05) is 5.32 Å². The number of benzene rings is 1. The molecule has 2 rings (SSSR count). The van der Waals surface area contributed by atoms with Gasteiger partial charge < -0.3 is 5.32 Å². The summed E-state index contributed by atoms with van der Waals surface area (Å²) in [6, 6.07) is 8.92. The van der Waals surface area contributed by atoms with E-state index in [9.17, 15) is 4.79 Å².